The summed E-state index contributed by atoms with van der Waals surface area (Å²) in [5.41, 5.74) is -0.0413. The number of nitro groups is 1. The van der Waals surface area contributed by atoms with Crippen LogP contribution in [-0.4, -0.2) is 18.3 Å². The van der Waals surface area contributed by atoms with E-state index in [-0.39, 0.29) is 16.8 Å². The molecular weight excluding hydrogens is 260 g/mol. The Labute approximate surface area is 93.2 Å². The number of hydrogen-bond acceptors (Lipinski definition) is 6. The van der Waals surface area contributed by atoms with E-state index in [9.17, 15) is 18.5 Å². The van der Waals surface area contributed by atoms with Gasteiger partial charge in [0.25, 0.3) is 5.69 Å². The Hall–Kier alpha value is -1.67. The van der Waals surface area contributed by atoms with Crippen molar-refractivity contribution in [1.29, 1.82) is 0 Å². The minimum Gasteiger partial charge on any atom is -0.427 e. The molecule has 0 atom stereocenters. The first kappa shape index (κ1) is 10.8. The summed E-state index contributed by atoms with van der Waals surface area (Å²) in [6.07, 6.45) is 0. The largest absolute Gasteiger partial charge is 0.427 e. The van der Waals surface area contributed by atoms with Gasteiger partial charge in [-0.1, -0.05) is 0 Å². The van der Waals surface area contributed by atoms with Gasteiger partial charge in [0.05, 0.1) is 11.0 Å². The number of aromatic nitrogens is 1. The number of fused-ring (bicyclic) bond motifs is 1. The fourth-order valence-electron chi connectivity index (χ4n) is 1.11. The summed E-state index contributed by atoms with van der Waals surface area (Å²) in [5.74, 6) is 0. The third-order valence-electron chi connectivity index (χ3n) is 1.77. The third-order valence-corrected chi connectivity index (χ3v) is 2.76. The predicted molar refractivity (Wildman–Crippen MR) is 53.7 cm³/mol. The van der Waals surface area contributed by atoms with E-state index in [4.69, 9.17) is 15.1 Å². The molecular formula is C7H3ClN2O5S. The zero-order chi connectivity index (χ0) is 11.9. The topological polar surface area (TPSA) is 103 Å². The first-order valence-electron chi connectivity index (χ1n) is 3.87. The molecule has 0 aliphatic carbocycles. The molecule has 1 aromatic carbocycles. The van der Waals surface area contributed by atoms with Crippen molar-refractivity contribution in [1.82, 2.24) is 4.98 Å². The van der Waals surface area contributed by atoms with Crippen LogP contribution in [0.25, 0.3) is 11.1 Å². The summed E-state index contributed by atoms with van der Waals surface area (Å²) in [6.45, 7) is 0. The van der Waals surface area contributed by atoms with Gasteiger partial charge in [0, 0.05) is 16.7 Å². The summed E-state index contributed by atoms with van der Waals surface area (Å²) in [6, 6.07) is 3.55. The number of oxazole rings is 1. The van der Waals surface area contributed by atoms with Crippen LogP contribution in [0.2, 0.25) is 0 Å². The molecule has 1 heterocycles. The molecule has 0 radical (unpaired) electrons. The lowest BCUT2D eigenvalue weighted by Crippen LogP contribution is -1.88. The van der Waals surface area contributed by atoms with E-state index >= 15 is 0 Å². The molecule has 0 amide bonds. The van der Waals surface area contributed by atoms with Crippen molar-refractivity contribution in [2.24, 2.45) is 0 Å². The van der Waals surface area contributed by atoms with Crippen molar-refractivity contribution in [3.63, 3.8) is 0 Å². The molecule has 2 aromatic rings. The molecule has 16 heavy (non-hydrogen) atoms. The standard InChI is InChI=1S/C7H3ClN2O5S/c8-16(13,14)7-9-5-2-1-4(10(11)12)3-6(5)15-7/h1-3H. The maximum absolute atomic E-state index is 10.9. The fourth-order valence-corrected chi connectivity index (χ4v) is 1.70. The molecule has 0 saturated carbocycles. The van der Waals surface area contributed by atoms with Crippen LogP contribution in [0.1, 0.15) is 0 Å². The number of nitro benzene ring substituents is 1. The lowest BCUT2D eigenvalue weighted by molar-refractivity contribution is -0.384. The van der Waals surface area contributed by atoms with Gasteiger partial charge in [0.15, 0.2) is 5.58 Å². The molecule has 2 rings (SSSR count). The van der Waals surface area contributed by atoms with Crippen molar-refractivity contribution >= 4 is 36.5 Å². The van der Waals surface area contributed by atoms with E-state index in [2.05, 4.69) is 4.98 Å². The Bertz CT molecular complexity index is 677. The molecule has 0 aliphatic rings. The zero-order valence-electron chi connectivity index (χ0n) is 7.45. The van der Waals surface area contributed by atoms with Gasteiger partial charge in [-0.3, -0.25) is 10.1 Å². The Morgan fingerprint density at radius 1 is 1.44 bits per heavy atom. The van der Waals surface area contributed by atoms with Gasteiger partial charge in [-0.2, -0.15) is 4.98 Å². The van der Waals surface area contributed by atoms with E-state index in [1.807, 2.05) is 0 Å². The van der Waals surface area contributed by atoms with Gasteiger partial charge in [0.1, 0.15) is 5.52 Å². The van der Waals surface area contributed by atoms with Crippen LogP contribution in [0.15, 0.2) is 27.8 Å². The molecule has 0 fully saturated rings. The normalized spacial score (nSPS) is 11.8. The Balaban J connectivity index is 2.68. The van der Waals surface area contributed by atoms with Crippen LogP contribution in [0, 0.1) is 10.1 Å². The number of halogens is 1. The highest BCUT2D eigenvalue weighted by molar-refractivity contribution is 8.13. The van der Waals surface area contributed by atoms with E-state index in [1.165, 1.54) is 12.1 Å². The van der Waals surface area contributed by atoms with Gasteiger partial charge >= 0.3 is 14.3 Å². The van der Waals surface area contributed by atoms with Crippen molar-refractivity contribution in [2.75, 3.05) is 0 Å². The summed E-state index contributed by atoms with van der Waals surface area (Å²) in [5, 5.41) is 9.77. The Kier molecular flexibility index (Phi) is 2.32. The third kappa shape index (κ3) is 1.84. The maximum Gasteiger partial charge on any atom is 0.332 e. The van der Waals surface area contributed by atoms with Crippen LogP contribution in [-0.2, 0) is 9.05 Å². The van der Waals surface area contributed by atoms with Crippen LogP contribution in [0.4, 0.5) is 5.69 Å². The van der Waals surface area contributed by atoms with Crippen LogP contribution in [0.5, 0.6) is 0 Å². The van der Waals surface area contributed by atoms with Crippen LogP contribution >= 0.6 is 10.7 Å². The number of non-ortho nitro benzene ring substituents is 1. The number of benzene rings is 1. The SMILES string of the molecule is O=[N+]([O-])c1ccc2nc(S(=O)(=O)Cl)oc2c1. The second kappa shape index (κ2) is 3.42. The van der Waals surface area contributed by atoms with E-state index in [0.717, 1.165) is 6.07 Å². The van der Waals surface area contributed by atoms with Gasteiger partial charge in [-0.15, -0.1) is 0 Å². The predicted octanol–water partition coefficient (Wildman–Crippen LogP) is 1.66. The lowest BCUT2D eigenvalue weighted by Gasteiger charge is -1.88. The van der Waals surface area contributed by atoms with Crippen molar-refractivity contribution in [3.05, 3.63) is 28.3 Å². The minimum absolute atomic E-state index is 0.00609. The number of rotatable bonds is 2. The van der Waals surface area contributed by atoms with Crippen LogP contribution in [0.3, 0.4) is 0 Å². The van der Waals surface area contributed by atoms with E-state index in [0.29, 0.717) is 0 Å². The Morgan fingerprint density at radius 2 is 2.12 bits per heavy atom. The second-order valence-electron chi connectivity index (χ2n) is 2.83. The summed E-state index contributed by atoms with van der Waals surface area (Å²) < 4.78 is 26.6. The molecule has 0 bridgehead atoms. The summed E-state index contributed by atoms with van der Waals surface area (Å²) in [7, 11) is 0.941. The molecule has 7 nitrogen and oxygen atoms in total. The molecule has 0 N–H and O–H groups in total. The van der Waals surface area contributed by atoms with E-state index < -0.39 is 19.2 Å². The smallest absolute Gasteiger partial charge is 0.332 e. The molecule has 0 unspecified atom stereocenters. The minimum atomic E-state index is -4.07. The van der Waals surface area contributed by atoms with Crippen molar-refractivity contribution in [2.45, 2.75) is 5.22 Å². The highest BCUT2D eigenvalue weighted by Crippen LogP contribution is 2.24. The van der Waals surface area contributed by atoms with Crippen LogP contribution < -0.4 is 0 Å². The first-order valence-corrected chi connectivity index (χ1v) is 6.18. The molecule has 0 saturated heterocycles. The molecule has 0 aliphatic heterocycles. The molecule has 0 spiro atoms. The number of nitrogens with zero attached hydrogens (tertiary/aromatic N) is 2. The van der Waals surface area contributed by atoms with E-state index in [1.54, 1.807) is 0 Å². The molecule has 1 aromatic heterocycles. The molecule has 84 valence electrons. The summed E-state index contributed by atoms with van der Waals surface area (Å²) >= 11 is 0. The molecule has 9 heteroatoms. The lowest BCUT2D eigenvalue weighted by atomic mass is 10.3. The quantitative estimate of drug-likeness (QED) is 0.463. The van der Waals surface area contributed by atoms with Crippen molar-refractivity contribution in [3.8, 4) is 0 Å². The fraction of sp³-hybridized carbons (Fsp3) is 0. The van der Waals surface area contributed by atoms with Gasteiger partial charge in [-0.05, 0) is 6.07 Å². The first-order chi connectivity index (χ1) is 7.38. The maximum atomic E-state index is 10.9. The highest BCUT2D eigenvalue weighted by atomic mass is 35.7. The van der Waals surface area contributed by atoms with Crippen molar-refractivity contribution < 1.29 is 17.8 Å². The van der Waals surface area contributed by atoms with Gasteiger partial charge in [-0.25, -0.2) is 8.42 Å². The second-order valence-corrected chi connectivity index (χ2v) is 5.27. The number of hydrogen-bond donors (Lipinski definition) is 0. The van der Waals surface area contributed by atoms with Gasteiger partial charge < -0.3 is 4.42 Å². The highest BCUT2D eigenvalue weighted by Gasteiger charge is 2.19. The summed E-state index contributed by atoms with van der Waals surface area (Å²) in [4.78, 5) is 13.4. The average Bonchev–Trinajstić information content (AvgIpc) is 2.58. The van der Waals surface area contributed by atoms with Gasteiger partial charge in [0.2, 0.25) is 0 Å². The monoisotopic (exact) mass is 262 g/mol. The Morgan fingerprint density at radius 3 is 2.69 bits per heavy atom. The average molecular weight is 263 g/mol. The zero-order valence-corrected chi connectivity index (χ0v) is 9.03.